The molecule has 0 spiro atoms. The molecule has 0 saturated heterocycles. The van der Waals surface area contributed by atoms with Crippen LogP contribution in [0.3, 0.4) is 0 Å². The molecule has 3 N–H and O–H groups in total. The predicted octanol–water partition coefficient (Wildman–Crippen LogP) is 4.49. The van der Waals surface area contributed by atoms with E-state index in [1.165, 1.54) is 40.3 Å². The Labute approximate surface area is 148 Å². The van der Waals surface area contributed by atoms with Crippen molar-refractivity contribution in [2.24, 2.45) is 5.73 Å². The molecule has 1 heterocycles. The van der Waals surface area contributed by atoms with Crippen molar-refractivity contribution in [2.45, 2.75) is 57.4 Å². The van der Waals surface area contributed by atoms with E-state index in [-0.39, 0.29) is 12.4 Å². The van der Waals surface area contributed by atoms with Crippen molar-refractivity contribution in [3.63, 3.8) is 0 Å². The van der Waals surface area contributed by atoms with Gasteiger partial charge in [0.25, 0.3) is 0 Å². The van der Waals surface area contributed by atoms with E-state index in [1.54, 1.807) is 0 Å². The van der Waals surface area contributed by atoms with Crippen LogP contribution in [0.4, 0.5) is 4.39 Å². The average Bonchev–Trinajstić information content (AvgIpc) is 3.02. The molecule has 2 nitrogen and oxygen atoms in total. The third-order valence-corrected chi connectivity index (χ3v) is 5.53. The molecule has 0 aliphatic carbocycles. The number of aliphatic hydroxyl groups is 1. The van der Waals surface area contributed by atoms with Crippen molar-refractivity contribution in [3.05, 3.63) is 57.5 Å². The van der Waals surface area contributed by atoms with Gasteiger partial charge < -0.3 is 10.8 Å². The minimum Gasteiger partial charge on any atom is -0.394 e. The maximum atomic E-state index is 12.8. The van der Waals surface area contributed by atoms with E-state index in [9.17, 15) is 9.50 Å². The number of benzene rings is 1. The predicted molar refractivity (Wildman–Crippen MR) is 100.0 cm³/mol. The van der Waals surface area contributed by atoms with Gasteiger partial charge in [-0.15, -0.1) is 11.3 Å². The number of nitrogens with two attached hydrogens (primary N) is 1. The third kappa shape index (κ3) is 6.71. The summed E-state index contributed by atoms with van der Waals surface area (Å²) in [5.41, 5.74) is 6.70. The van der Waals surface area contributed by atoms with Gasteiger partial charge in [0, 0.05) is 15.3 Å². The quantitative estimate of drug-likeness (QED) is 0.621. The Balaban J connectivity index is 1.63. The molecular weight excluding hydrogens is 321 g/mol. The second-order valence-corrected chi connectivity index (χ2v) is 8.12. The van der Waals surface area contributed by atoms with Crippen LogP contribution in [0.2, 0.25) is 0 Å². The van der Waals surface area contributed by atoms with Crippen molar-refractivity contribution in [3.8, 4) is 0 Å². The fraction of sp³-hybridized carbons (Fsp3) is 0.500. The van der Waals surface area contributed by atoms with E-state index in [2.05, 4.69) is 12.1 Å². The van der Waals surface area contributed by atoms with Crippen LogP contribution in [0, 0.1) is 5.82 Å². The van der Waals surface area contributed by atoms with Crippen LogP contribution in [0.15, 0.2) is 36.4 Å². The van der Waals surface area contributed by atoms with E-state index in [4.69, 9.17) is 5.73 Å². The van der Waals surface area contributed by atoms with Crippen molar-refractivity contribution >= 4 is 11.3 Å². The van der Waals surface area contributed by atoms with E-state index in [0.29, 0.717) is 0 Å². The fourth-order valence-electron chi connectivity index (χ4n) is 2.64. The van der Waals surface area contributed by atoms with Gasteiger partial charge in [-0.05, 0) is 75.3 Å². The van der Waals surface area contributed by atoms with Crippen molar-refractivity contribution < 1.29 is 9.50 Å². The molecule has 132 valence electrons. The first-order valence-electron chi connectivity index (χ1n) is 8.70. The molecule has 4 heteroatoms. The van der Waals surface area contributed by atoms with Crippen LogP contribution in [0.25, 0.3) is 0 Å². The molecule has 2 aromatic rings. The highest BCUT2D eigenvalue weighted by Crippen LogP contribution is 2.22. The lowest BCUT2D eigenvalue weighted by Gasteiger charge is -2.20. The standard InChI is InChI=1S/C20H28FNOS/c1-20(22,15-23)14-13-19-12-11-18(24-19)6-4-2-3-5-16-7-9-17(21)10-8-16/h7-12,23H,2-6,13-15,22H2,1H3. The van der Waals surface area contributed by atoms with Gasteiger partial charge in [0.15, 0.2) is 0 Å². The zero-order chi connectivity index (χ0) is 17.4. The molecule has 1 unspecified atom stereocenters. The summed E-state index contributed by atoms with van der Waals surface area (Å²) in [6.45, 7) is 1.92. The number of aliphatic hydroxyl groups excluding tert-OH is 1. The first kappa shape index (κ1) is 19.1. The molecule has 0 bridgehead atoms. The summed E-state index contributed by atoms with van der Waals surface area (Å²) in [5, 5.41) is 9.20. The highest BCUT2D eigenvalue weighted by atomic mass is 32.1. The van der Waals surface area contributed by atoms with Crippen molar-refractivity contribution in [1.82, 2.24) is 0 Å². The first-order valence-corrected chi connectivity index (χ1v) is 9.52. The van der Waals surface area contributed by atoms with Crippen LogP contribution in [0.5, 0.6) is 0 Å². The Morgan fingerprint density at radius 1 is 0.958 bits per heavy atom. The largest absolute Gasteiger partial charge is 0.394 e. The van der Waals surface area contributed by atoms with Crippen LogP contribution in [-0.2, 0) is 19.3 Å². The van der Waals surface area contributed by atoms with Crippen LogP contribution < -0.4 is 5.73 Å². The lowest BCUT2D eigenvalue weighted by atomic mass is 9.98. The van der Waals surface area contributed by atoms with E-state index in [1.807, 2.05) is 30.4 Å². The number of halogens is 1. The molecule has 0 aliphatic heterocycles. The summed E-state index contributed by atoms with van der Waals surface area (Å²) in [4.78, 5) is 2.77. The van der Waals surface area contributed by atoms with Crippen LogP contribution in [-0.4, -0.2) is 17.3 Å². The minimum absolute atomic E-state index is 0.0271. The fourth-order valence-corrected chi connectivity index (χ4v) is 3.69. The molecular formula is C20H28FNOS. The Kier molecular flexibility index (Phi) is 7.40. The molecule has 2 rings (SSSR count). The highest BCUT2D eigenvalue weighted by Gasteiger charge is 2.16. The average molecular weight is 350 g/mol. The van der Waals surface area contributed by atoms with Gasteiger partial charge in [-0.2, -0.15) is 0 Å². The summed E-state index contributed by atoms with van der Waals surface area (Å²) in [7, 11) is 0. The van der Waals surface area contributed by atoms with E-state index < -0.39 is 5.54 Å². The summed E-state index contributed by atoms with van der Waals surface area (Å²) < 4.78 is 12.8. The Morgan fingerprint density at radius 2 is 1.58 bits per heavy atom. The normalized spacial score (nSPS) is 13.8. The third-order valence-electron chi connectivity index (χ3n) is 4.32. The molecule has 1 atom stereocenters. The number of unbranched alkanes of at least 4 members (excludes halogenated alkanes) is 2. The van der Waals surface area contributed by atoms with Crippen LogP contribution in [0.1, 0.15) is 47.9 Å². The Bertz CT molecular complexity index is 606. The molecule has 1 aromatic carbocycles. The van der Waals surface area contributed by atoms with Gasteiger partial charge in [0.1, 0.15) is 5.82 Å². The number of thiophene rings is 1. The topological polar surface area (TPSA) is 46.2 Å². The highest BCUT2D eigenvalue weighted by molar-refractivity contribution is 7.11. The van der Waals surface area contributed by atoms with Crippen LogP contribution >= 0.6 is 11.3 Å². The van der Waals surface area contributed by atoms with Gasteiger partial charge >= 0.3 is 0 Å². The van der Waals surface area contributed by atoms with Gasteiger partial charge in [-0.1, -0.05) is 18.6 Å². The lowest BCUT2D eigenvalue weighted by molar-refractivity contribution is 0.201. The van der Waals surface area contributed by atoms with Crippen molar-refractivity contribution in [2.75, 3.05) is 6.61 Å². The van der Waals surface area contributed by atoms with Gasteiger partial charge in [0.2, 0.25) is 0 Å². The monoisotopic (exact) mass is 349 g/mol. The zero-order valence-corrected chi connectivity index (χ0v) is 15.2. The molecule has 1 aromatic heterocycles. The van der Waals surface area contributed by atoms with Gasteiger partial charge in [-0.3, -0.25) is 0 Å². The first-order chi connectivity index (χ1) is 11.5. The summed E-state index contributed by atoms with van der Waals surface area (Å²) in [5.74, 6) is -0.166. The molecule has 0 fully saturated rings. The summed E-state index contributed by atoms with van der Waals surface area (Å²) >= 11 is 1.86. The summed E-state index contributed by atoms with van der Waals surface area (Å²) in [6.07, 6.45) is 7.40. The molecule has 0 amide bonds. The number of aryl methyl sites for hydroxylation is 3. The second kappa shape index (κ2) is 9.30. The molecule has 0 radical (unpaired) electrons. The maximum Gasteiger partial charge on any atom is 0.123 e. The number of hydrogen-bond donors (Lipinski definition) is 2. The molecule has 24 heavy (non-hydrogen) atoms. The Hall–Kier alpha value is -1.23. The molecule has 0 aliphatic rings. The number of rotatable bonds is 10. The molecule has 0 saturated carbocycles. The van der Waals surface area contributed by atoms with Gasteiger partial charge in [0.05, 0.1) is 6.61 Å². The SMILES string of the molecule is CC(N)(CO)CCc1ccc(CCCCCc2ccc(F)cc2)s1. The zero-order valence-electron chi connectivity index (χ0n) is 14.4. The van der Waals surface area contributed by atoms with E-state index >= 15 is 0 Å². The smallest absolute Gasteiger partial charge is 0.123 e. The maximum absolute atomic E-state index is 12.8. The second-order valence-electron chi connectivity index (χ2n) is 6.87. The summed E-state index contributed by atoms with van der Waals surface area (Å²) in [6, 6.07) is 11.2. The Morgan fingerprint density at radius 3 is 2.25 bits per heavy atom. The van der Waals surface area contributed by atoms with Gasteiger partial charge in [-0.25, -0.2) is 4.39 Å². The minimum atomic E-state index is -0.482. The lowest BCUT2D eigenvalue weighted by Crippen LogP contribution is -2.40. The van der Waals surface area contributed by atoms with E-state index in [0.717, 1.165) is 32.1 Å². The number of hydrogen-bond acceptors (Lipinski definition) is 3. The van der Waals surface area contributed by atoms with Crippen molar-refractivity contribution in [1.29, 1.82) is 0 Å².